The van der Waals surface area contributed by atoms with Crippen LogP contribution in [-0.2, 0) is 13.1 Å². The molecule has 0 aliphatic heterocycles. The van der Waals surface area contributed by atoms with Gasteiger partial charge in [-0.2, -0.15) is 0 Å². The zero-order valence-corrected chi connectivity index (χ0v) is 10.8. The maximum Gasteiger partial charge on any atom is 0.247 e. The average molecular weight is 270 g/mol. The third kappa shape index (κ3) is 3.07. The normalized spacial score (nSPS) is 10.8. The maximum atomic E-state index is 5.59. The second-order valence-corrected chi connectivity index (χ2v) is 4.21. The van der Waals surface area contributed by atoms with Gasteiger partial charge in [0, 0.05) is 18.3 Å². The second kappa shape index (κ2) is 6.07. The molecule has 2 heterocycles. The Hall–Kier alpha value is -2.54. The molecule has 0 atom stereocenters. The van der Waals surface area contributed by atoms with Gasteiger partial charge in [-0.05, 0) is 12.1 Å². The molecule has 0 saturated heterocycles. The van der Waals surface area contributed by atoms with Gasteiger partial charge in [0.15, 0.2) is 0 Å². The number of hydrogen-bond acceptors (Lipinski definition) is 6. The molecule has 7 heteroatoms. The van der Waals surface area contributed by atoms with Gasteiger partial charge in [-0.3, -0.25) is 4.68 Å². The lowest BCUT2D eigenvalue weighted by Crippen LogP contribution is -2.20. The lowest BCUT2D eigenvalue weighted by atomic mass is 10.2. The Labute approximate surface area is 115 Å². The summed E-state index contributed by atoms with van der Waals surface area (Å²) in [6, 6.07) is 9.71. The van der Waals surface area contributed by atoms with Crippen LogP contribution in [-0.4, -0.2) is 31.7 Å². The van der Waals surface area contributed by atoms with E-state index >= 15 is 0 Å². The van der Waals surface area contributed by atoms with Gasteiger partial charge < -0.3 is 9.73 Å². The lowest BCUT2D eigenvalue weighted by Gasteiger charge is -2.01. The van der Waals surface area contributed by atoms with Crippen LogP contribution in [0, 0.1) is 0 Å². The van der Waals surface area contributed by atoms with Crippen molar-refractivity contribution in [2.24, 2.45) is 0 Å². The fourth-order valence-electron chi connectivity index (χ4n) is 1.76. The molecule has 1 N–H and O–H groups in total. The number of nitrogens with one attached hydrogen (secondary N) is 1. The van der Waals surface area contributed by atoms with Crippen molar-refractivity contribution in [3.05, 3.63) is 48.6 Å². The first-order chi connectivity index (χ1) is 9.92. The van der Waals surface area contributed by atoms with Crippen molar-refractivity contribution in [1.29, 1.82) is 0 Å². The minimum absolute atomic E-state index is 0.536. The van der Waals surface area contributed by atoms with Crippen LogP contribution in [0.1, 0.15) is 5.89 Å². The van der Waals surface area contributed by atoms with E-state index in [4.69, 9.17) is 4.42 Å². The molecular formula is C13H14N6O. The molecule has 1 aromatic carbocycles. The van der Waals surface area contributed by atoms with Crippen LogP contribution in [0.25, 0.3) is 11.5 Å². The fourth-order valence-corrected chi connectivity index (χ4v) is 1.76. The lowest BCUT2D eigenvalue weighted by molar-refractivity contribution is 0.462. The largest absolute Gasteiger partial charge is 0.419 e. The molecule has 0 amide bonds. The first-order valence-corrected chi connectivity index (χ1v) is 6.34. The quantitative estimate of drug-likeness (QED) is 0.676. The standard InChI is InChI=1S/C13H14N6O/c1-2-4-11(5-3-1)13-17-16-12(20-13)10-14-6-8-19-9-7-15-18-19/h1-5,7,9,14H,6,8,10H2. The van der Waals surface area contributed by atoms with Crippen LogP contribution >= 0.6 is 0 Å². The van der Waals surface area contributed by atoms with Crippen LogP contribution in [0.4, 0.5) is 0 Å². The SMILES string of the molecule is c1ccc(-c2nnc(CNCCn3ccnn3)o2)cc1. The van der Waals surface area contributed by atoms with Gasteiger partial charge in [-0.15, -0.1) is 15.3 Å². The predicted octanol–water partition coefficient (Wildman–Crippen LogP) is 1.12. The summed E-state index contributed by atoms with van der Waals surface area (Å²) < 4.78 is 7.35. The molecule has 0 unspecified atom stereocenters. The fraction of sp³-hybridized carbons (Fsp3) is 0.231. The number of rotatable bonds is 6. The van der Waals surface area contributed by atoms with E-state index in [0.717, 1.165) is 18.7 Å². The summed E-state index contributed by atoms with van der Waals surface area (Å²) in [5.74, 6) is 1.11. The molecular weight excluding hydrogens is 256 g/mol. The van der Waals surface area contributed by atoms with Crippen LogP contribution in [0.3, 0.4) is 0 Å². The summed E-state index contributed by atoms with van der Waals surface area (Å²) >= 11 is 0. The van der Waals surface area contributed by atoms with Gasteiger partial charge in [0.1, 0.15) is 0 Å². The molecule has 7 nitrogen and oxygen atoms in total. The molecule has 0 bridgehead atoms. The predicted molar refractivity (Wildman–Crippen MR) is 71.5 cm³/mol. The molecule has 0 spiro atoms. The summed E-state index contributed by atoms with van der Waals surface area (Å²) in [5, 5.41) is 18.9. The molecule has 0 fully saturated rings. The van der Waals surface area contributed by atoms with Crippen molar-refractivity contribution in [3.63, 3.8) is 0 Å². The topological polar surface area (TPSA) is 81.7 Å². The molecule has 2 aromatic heterocycles. The highest BCUT2D eigenvalue weighted by Crippen LogP contribution is 2.16. The zero-order chi connectivity index (χ0) is 13.6. The number of aromatic nitrogens is 5. The van der Waals surface area contributed by atoms with E-state index in [2.05, 4.69) is 25.8 Å². The molecule has 0 saturated carbocycles. The van der Waals surface area contributed by atoms with Crippen LogP contribution in [0.2, 0.25) is 0 Å². The zero-order valence-electron chi connectivity index (χ0n) is 10.8. The first kappa shape index (κ1) is 12.5. The van der Waals surface area contributed by atoms with Gasteiger partial charge in [-0.1, -0.05) is 23.4 Å². The highest BCUT2D eigenvalue weighted by molar-refractivity contribution is 5.51. The maximum absolute atomic E-state index is 5.59. The van der Waals surface area contributed by atoms with Crippen molar-refractivity contribution in [1.82, 2.24) is 30.5 Å². The Morgan fingerprint density at radius 1 is 1.15 bits per heavy atom. The average Bonchev–Trinajstić information content (AvgIpc) is 3.16. The van der Waals surface area contributed by atoms with Gasteiger partial charge in [0.2, 0.25) is 11.8 Å². The molecule has 3 aromatic rings. The Balaban J connectivity index is 1.50. The van der Waals surface area contributed by atoms with E-state index in [1.54, 1.807) is 10.9 Å². The van der Waals surface area contributed by atoms with Gasteiger partial charge in [-0.25, -0.2) is 0 Å². The monoisotopic (exact) mass is 270 g/mol. The number of hydrogen-bond donors (Lipinski definition) is 1. The molecule has 0 radical (unpaired) electrons. The van der Waals surface area contributed by atoms with E-state index in [-0.39, 0.29) is 0 Å². The number of nitrogens with zero attached hydrogens (tertiary/aromatic N) is 5. The molecule has 20 heavy (non-hydrogen) atoms. The van der Waals surface area contributed by atoms with E-state index < -0.39 is 0 Å². The third-order valence-electron chi connectivity index (χ3n) is 2.75. The summed E-state index contributed by atoms with van der Waals surface area (Å²) in [4.78, 5) is 0. The summed E-state index contributed by atoms with van der Waals surface area (Å²) in [6.45, 7) is 2.04. The molecule has 0 aliphatic rings. The Kier molecular flexibility index (Phi) is 3.79. The Morgan fingerprint density at radius 3 is 2.85 bits per heavy atom. The molecule has 102 valence electrons. The number of benzene rings is 1. The van der Waals surface area contributed by atoms with Crippen molar-refractivity contribution >= 4 is 0 Å². The summed E-state index contributed by atoms with van der Waals surface area (Å²) in [7, 11) is 0. The van der Waals surface area contributed by atoms with Crippen LogP contribution in [0.5, 0.6) is 0 Å². The van der Waals surface area contributed by atoms with E-state index in [0.29, 0.717) is 18.3 Å². The van der Waals surface area contributed by atoms with Crippen molar-refractivity contribution < 1.29 is 4.42 Å². The van der Waals surface area contributed by atoms with Crippen LogP contribution in [0.15, 0.2) is 47.1 Å². The third-order valence-corrected chi connectivity index (χ3v) is 2.75. The van der Waals surface area contributed by atoms with E-state index in [9.17, 15) is 0 Å². The molecule has 3 rings (SSSR count). The van der Waals surface area contributed by atoms with Gasteiger partial charge >= 0.3 is 0 Å². The second-order valence-electron chi connectivity index (χ2n) is 4.21. The van der Waals surface area contributed by atoms with Crippen LogP contribution < -0.4 is 5.32 Å². The molecule has 0 aliphatic carbocycles. The minimum Gasteiger partial charge on any atom is -0.419 e. The smallest absolute Gasteiger partial charge is 0.247 e. The minimum atomic E-state index is 0.536. The first-order valence-electron chi connectivity index (χ1n) is 6.34. The Morgan fingerprint density at radius 2 is 2.05 bits per heavy atom. The van der Waals surface area contributed by atoms with Gasteiger partial charge in [0.05, 0.1) is 19.3 Å². The van der Waals surface area contributed by atoms with E-state index in [1.165, 1.54) is 0 Å². The highest BCUT2D eigenvalue weighted by Gasteiger charge is 2.07. The summed E-state index contributed by atoms with van der Waals surface area (Å²) in [5.41, 5.74) is 0.925. The van der Waals surface area contributed by atoms with Crippen molar-refractivity contribution in [2.45, 2.75) is 13.1 Å². The van der Waals surface area contributed by atoms with Crippen molar-refractivity contribution in [2.75, 3.05) is 6.54 Å². The summed E-state index contributed by atoms with van der Waals surface area (Å²) in [6.07, 6.45) is 3.48. The van der Waals surface area contributed by atoms with E-state index in [1.807, 2.05) is 36.5 Å². The van der Waals surface area contributed by atoms with Crippen molar-refractivity contribution in [3.8, 4) is 11.5 Å². The van der Waals surface area contributed by atoms with Gasteiger partial charge in [0.25, 0.3) is 0 Å². The highest BCUT2D eigenvalue weighted by atomic mass is 16.4. The Bertz CT molecular complexity index is 634.